The predicted molar refractivity (Wildman–Crippen MR) is 214 cm³/mol. The summed E-state index contributed by atoms with van der Waals surface area (Å²) in [5.41, 5.74) is 4.26. The Morgan fingerprint density at radius 3 is 2.46 bits per heavy atom. The summed E-state index contributed by atoms with van der Waals surface area (Å²) in [5, 5.41) is 0. The molecule has 2 aromatic rings. The van der Waals surface area contributed by atoms with E-state index in [4.69, 9.17) is 4.74 Å². The molecule has 0 unspecified atom stereocenters. The van der Waals surface area contributed by atoms with Gasteiger partial charge in [0.2, 0.25) is 0 Å². The summed E-state index contributed by atoms with van der Waals surface area (Å²) in [6, 6.07) is 12.3. The lowest BCUT2D eigenvalue weighted by atomic mass is 9.45. The Morgan fingerprint density at radius 1 is 0.833 bits per heavy atom. The molecule has 6 aliphatic rings. The van der Waals surface area contributed by atoms with Crippen molar-refractivity contribution in [3.05, 3.63) is 70.5 Å². The SMILES string of the molecule is C[C@]12CCCC[C@@H]1CC[C@@H]1[C@@H]2CC[C@]2(C)[C@@H](OCCCCCCCN3CCN(C(=O)c4cc(CC5=NCC(=O)c6ccccc65)ccc4F)CC3)CC[C@@H]12. The van der Waals surface area contributed by atoms with Crippen LogP contribution < -0.4 is 0 Å². The number of nitrogens with zero attached hydrogens (tertiary/aromatic N) is 3. The van der Waals surface area contributed by atoms with Crippen molar-refractivity contribution in [2.45, 2.75) is 123 Å². The van der Waals surface area contributed by atoms with Crippen LogP contribution in [0.15, 0.2) is 47.5 Å². The van der Waals surface area contributed by atoms with Gasteiger partial charge >= 0.3 is 0 Å². The van der Waals surface area contributed by atoms with Gasteiger partial charge in [0.15, 0.2) is 5.78 Å². The monoisotopic (exact) mass is 737 g/mol. The topological polar surface area (TPSA) is 62.2 Å². The van der Waals surface area contributed by atoms with Gasteiger partial charge in [0.25, 0.3) is 5.91 Å². The molecule has 4 aliphatic carbocycles. The number of fused-ring (bicyclic) bond motifs is 6. The van der Waals surface area contributed by atoms with E-state index >= 15 is 0 Å². The maximum atomic E-state index is 15.0. The van der Waals surface area contributed by atoms with Gasteiger partial charge in [-0.25, -0.2) is 4.39 Å². The molecule has 54 heavy (non-hydrogen) atoms. The van der Waals surface area contributed by atoms with Gasteiger partial charge in [-0.1, -0.05) is 76.3 Å². The molecular weight excluding hydrogens is 674 g/mol. The molecule has 4 saturated carbocycles. The van der Waals surface area contributed by atoms with Crippen LogP contribution in [0.1, 0.15) is 142 Å². The number of carbonyl (C=O) groups excluding carboxylic acids is 2. The van der Waals surface area contributed by atoms with Crippen LogP contribution >= 0.6 is 0 Å². The van der Waals surface area contributed by atoms with Gasteiger partial charge in [-0.2, -0.15) is 0 Å². The van der Waals surface area contributed by atoms with E-state index in [2.05, 4.69) is 23.7 Å². The van der Waals surface area contributed by atoms with E-state index in [1.807, 2.05) is 24.3 Å². The molecule has 2 aromatic carbocycles. The number of piperazine rings is 1. The molecule has 2 aliphatic heterocycles. The number of benzene rings is 2. The van der Waals surface area contributed by atoms with Crippen LogP contribution in [0.3, 0.4) is 0 Å². The molecule has 1 amide bonds. The zero-order valence-electron chi connectivity index (χ0n) is 33.1. The number of aliphatic imine (C=N–C) groups is 1. The summed E-state index contributed by atoms with van der Waals surface area (Å²) in [4.78, 5) is 34.5. The van der Waals surface area contributed by atoms with Crippen LogP contribution in [0.25, 0.3) is 0 Å². The second-order valence-electron chi connectivity index (χ2n) is 18.5. The van der Waals surface area contributed by atoms with Crippen LogP contribution in [0.4, 0.5) is 4.39 Å². The second kappa shape index (κ2) is 16.3. The molecule has 292 valence electrons. The Balaban J connectivity index is 0.720. The summed E-state index contributed by atoms with van der Waals surface area (Å²) in [6.07, 6.45) is 21.4. The number of Topliss-reactive ketones (excluding diaryl/α,β-unsaturated/α-hetero) is 1. The number of halogens is 1. The maximum absolute atomic E-state index is 15.0. The van der Waals surface area contributed by atoms with E-state index in [0.717, 1.165) is 66.8 Å². The van der Waals surface area contributed by atoms with Crippen LogP contribution in [-0.2, 0) is 11.2 Å². The smallest absolute Gasteiger partial charge is 0.256 e. The molecule has 0 spiro atoms. The van der Waals surface area contributed by atoms with Crippen LogP contribution in [0.2, 0.25) is 0 Å². The highest BCUT2D eigenvalue weighted by Crippen LogP contribution is 2.66. The molecule has 2 heterocycles. The summed E-state index contributed by atoms with van der Waals surface area (Å²) >= 11 is 0. The normalized spacial score (nSPS) is 32.4. The average molecular weight is 738 g/mol. The minimum Gasteiger partial charge on any atom is -0.378 e. The number of amides is 1. The van der Waals surface area contributed by atoms with Crippen molar-refractivity contribution in [1.82, 2.24) is 9.80 Å². The molecule has 1 saturated heterocycles. The first-order chi connectivity index (χ1) is 26.2. The fourth-order valence-corrected chi connectivity index (χ4v) is 12.6. The standard InChI is InChI=1S/C47H64FN3O3/c1-46-22-9-8-12-34(46)16-17-37-39-18-20-44(47(39,2)23-21-40(37)46)54-29-11-5-3-4-10-24-50-25-27-51(28-26-50)45(53)38-30-33(15-19-41(38)48)31-42-35-13-6-7-14-36(35)43(52)32-49-42/h6-7,13-15,19,30,34,37,39-40,44H,3-5,8-12,16-18,20-29,31-32H2,1-2H3/t34-,37+,39+,40+,44+,46+,47+/m1/s1. The highest BCUT2D eigenvalue weighted by molar-refractivity contribution is 6.15. The van der Waals surface area contributed by atoms with Gasteiger partial charge in [-0.15, -0.1) is 0 Å². The molecule has 0 N–H and O–H groups in total. The van der Waals surface area contributed by atoms with Gasteiger partial charge in [-0.05, 0) is 123 Å². The molecule has 7 atom stereocenters. The summed E-state index contributed by atoms with van der Waals surface area (Å²) in [6.45, 7) is 10.3. The fraction of sp³-hybridized carbons (Fsp3) is 0.681. The Bertz CT molecular complexity index is 1700. The molecule has 6 nitrogen and oxygen atoms in total. The number of ether oxygens (including phenoxy) is 1. The van der Waals surface area contributed by atoms with Crippen molar-refractivity contribution in [2.24, 2.45) is 39.5 Å². The van der Waals surface area contributed by atoms with E-state index < -0.39 is 5.82 Å². The number of hydrogen-bond donors (Lipinski definition) is 0. The molecule has 0 bridgehead atoms. The van der Waals surface area contributed by atoms with Gasteiger partial charge in [-0.3, -0.25) is 19.5 Å². The fourth-order valence-electron chi connectivity index (χ4n) is 12.6. The lowest BCUT2D eigenvalue weighted by Crippen LogP contribution is -2.53. The Hall–Kier alpha value is -2.90. The van der Waals surface area contributed by atoms with Gasteiger partial charge in [0.05, 0.1) is 11.7 Å². The van der Waals surface area contributed by atoms with E-state index in [-0.39, 0.29) is 23.8 Å². The number of unbranched alkanes of at least 4 members (excludes halogenated alkanes) is 4. The van der Waals surface area contributed by atoms with Crippen molar-refractivity contribution in [3.63, 3.8) is 0 Å². The quantitative estimate of drug-likeness (QED) is 0.204. The predicted octanol–water partition coefficient (Wildman–Crippen LogP) is 9.58. The van der Waals surface area contributed by atoms with Crippen molar-refractivity contribution in [2.75, 3.05) is 45.9 Å². The largest absolute Gasteiger partial charge is 0.378 e. The summed E-state index contributed by atoms with van der Waals surface area (Å²) in [7, 11) is 0. The molecular formula is C47H64FN3O3. The van der Waals surface area contributed by atoms with Crippen molar-refractivity contribution in [1.29, 1.82) is 0 Å². The number of carbonyl (C=O) groups is 2. The third-order valence-corrected chi connectivity index (χ3v) is 15.7. The Kier molecular flexibility index (Phi) is 11.5. The Labute approximate surface area is 323 Å². The van der Waals surface area contributed by atoms with Crippen molar-refractivity contribution >= 4 is 17.4 Å². The first-order valence-corrected chi connectivity index (χ1v) is 21.8. The van der Waals surface area contributed by atoms with E-state index in [0.29, 0.717) is 42.0 Å². The van der Waals surface area contributed by atoms with Gasteiger partial charge < -0.3 is 9.64 Å². The summed E-state index contributed by atoms with van der Waals surface area (Å²) in [5.74, 6) is 3.08. The van der Waals surface area contributed by atoms with Gasteiger partial charge in [0, 0.05) is 56.0 Å². The van der Waals surface area contributed by atoms with Crippen LogP contribution in [-0.4, -0.2) is 79.2 Å². The lowest BCUT2D eigenvalue weighted by Gasteiger charge is -2.60. The number of hydrogen-bond acceptors (Lipinski definition) is 5. The number of rotatable bonds is 12. The lowest BCUT2D eigenvalue weighted by molar-refractivity contribution is -0.130. The molecule has 7 heteroatoms. The molecule has 8 rings (SSSR count). The third kappa shape index (κ3) is 7.50. The molecule has 0 aromatic heterocycles. The van der Waals surface area contributed by atoms with Crippen molar-refractivity contribution in [3.8, 4) is 0 Å². The first kappa shape index (κ1) is 38.0. The minimum atomic E-state index is -0.488. The zero-order valence-corrected chi connectivity index (χ0v) is 33.1. The van der Waals surface area contributed by atoms with Crippen molar-refractivity contribution < 1.29 is 18.7 Å². The van der Waals surface area contributed by atoms with E-state index in [9.17, 15) is 14.0 Å². The highest BCUT2D eigenvalue weighted by Gasteiger charge is 2.60. The van der Waals surface area contributed by atoms with E-state index in [1.54, 1.807) is 17.0 Å². The van der Waals surface area contributed by atoms with Gasteiger partial charge in [0.1, 0.15) is 12.4 Å². The first-order valence-electron chi connectivity index (χ1n) is 21.8. The zero-order chi connectivity index (χ0) is 37.3. The average Bonchev–Trinajstić information content (AvgIpc) is 3.53. The highest BCUT2D eigenvalue weighted by atomic mass is 19.1. The maximum Gasteiger partial charge on any atom is 0.256 e. The Morgan fingerprint density at radius 2 is 1.61 bits per heavy atom. The van der Waals surface area contributed by atoms with Crippen LogP contribution in [0, 0.1) is 40.3 Å². The van der Waals surface area contributed by atoms with E-state index in [1.165, 1.54) is 102 Å². The molecule has 5 fully saturated rings. The third-order valence-electron chi connectivity index (χ3n) is 15.7. The summed E-state index contributed by atoms with van der Waals surface area (Å²) < 4.78 is 21.7. The van der Waals surface area contributed by atoms with Crippen LogP contribution in [0.5, 0.6) is 0 Å². The minimum absolute atomic E-state index is 0.0113. The second-order valence-corrected chi connectivity index (χ2v) is 18.5. The number of ketones is 1. The molecule has 0 radical (unpaired) electrons.